The van der Waals surface area contributed by atoms with Gasteiger partial charge in [0.05, 0.1) is 0 Å². The fraction of sp³-hybridized carbons (Fsp3) is 0.933. The van der Waals surface area contributed by atoms with Crippen LogP contribution in [-0.2, 0) is 12.2 Å². The van der Waals surface area contributed by atoms with E-state index in [9.17, 15) is 0 Å². The molecule has 5 heteroatoms. The minimum absolute atomic E-state index is 0.0907. The molecule has 4 unspecified atom stereocenters. The van der Waals surface area contributed by atoms with E-state index in [4.69, 9.17) is 17.4 Å². The van der Waals surface area contributed by atoms with Gasteiger partial charge in [-0.2, -0.15) is 5.26 Å². The van der Waals surface area contributed by atoms with Gasteiger partial charge < -0.3 is 0 Å². The Hall–Kier alpha value is 0.292. The third-order valence-electron chi connectivity index (χ3n) is 4.63. The zero-order valence-corrected chi connectivity index (χ0v) is 16.8. The number of nitriles is 1. The van der Waals surface area contributed by atoms with Gasteiger partial charge in [0.2, 0.25) is 0 Å². The molecule has 2 aliphatic heterocycles. The van der Waals surface area contributed by atoms with Crippen LogP contribution in [0.4, 0.5) is 0 Å². The molecule has 4 nitrogen and oxygen atoms in total. The molecule has 0 aromatic heterocycles. The first kappa shape index (κ1) is 16.7. The molecule has 2 heterocycles. The van der Waals surface area contributed by atoms with Gasteiger partial charge in [-0.15, -0.1) is 0 Å². The first-order chi connectivity index (χ1) is 9.74. The van der Waals surface area contributed by atoms with Crippen LogP contribution in [-0.4, -0.2) is 56.7 Å². The molecule has 0 bridgehead atoms. The second kappa shape index (κ2) is 8.06. The zero-order chi connectivity index (χ0) is 14.4. The Morgan fingerprint density at radius 1 is 1.35 bits per heavy atom. The van der Waals surface area contributed by atoms with Crippen molar-refractivity contribution in [1.82, 2.24) is 0 Å². The minimum atomic E-state index is -0.0907. The summed E-state index contributed by atoms with van der Waals surface area (Å²) in [6, 6.07) is 2.23. The summed E-state index contributed by atoms with van der Waals surface area (Å²) in [6.07, 6.45) is 8.61. The molecule has 0 aliphatic carbocycles. The number of hydrogen-bond donors (Lipinski definition) is 0. The average molecular weight is 471 g/mol. The second-order valence-electron chi connectivity index (χ2n) is 5.90. The zero-order valence-electron chi connectivity index (χ0n) is 12.3. The van der Waals surface area contributed by atoms with Crippen LogP contribution in [0, 0.1) is 11.3 Å². The molecule has 2 aliphatic rings. The standard InChI is InChI=1S/C15H24NO3.Tl/c1-2-15-11-13(6-4-10-17)18-14(15)8-7-12(19-15)5-3-9-16;/h12-14H,2-8,10-11H2,1H3;/q-1;+1. The summed E-state index contributed by atoms with van der Waals surface area (Å²) in [4.78, 5) is 0. The van der Waals surface area contributed by atoms with Gasteiger partial charge in [0.25, 0.3) is 0 Å². The van der Waals surface area contributed by atoms with Gasteiger partial charge in [-0.3, -0.25) is 0 Å². The SMILES string of the molecule is CCC12CC(CCC[O][Tl])OC1CCC(CCC#N)O2. The van der Waals surface area contributed by atoms with Crippen molar-refractivity contribution in [3.8, 4) is 6.07 Å². The molecule has 0 aromatic rings. The van der Waals surface area contributed by atoms with Crippen molar-refractivity contribution in [3.63, 3.8) is 0 Å². The summed E-state index contributed by atoms with van der Waals surface area (Å²) in [5.74, 6) is 0. The van der Waals surface area contributed by atoms with E-state index in [-0.39, 0.29) is 17.8 Å². The quantitative estimate of drug-likeness (QED) is 0.424. The van der Waals surface area contributed by atoms with Gasteiger partial charge in [-0.05, 0) is 0 Å². The molecular weight excluding hydrogens is 447 g/mol. The van der Waals surface area contributed by atoms with Gasteiger partial charge in [0.15, 0.2) is 0 Å². The van der Waals surface area contributed by atoms with Crippen molar-refractivity contribution in [3.05, 3.63) is 0 Å². The number of nitrogens with zero attached hydrogens (tertiary/aromatic N) is 1. The molecule has 20 heavy (non-hydrogen) atoms. The summed E-state index contributed by atoms with van der Waals surface area (Å²) in [7, 11) is 0. The van der Waals surface area contributed by atoms with Crippen molar-refractivity contribution < 1.29 is 12.2 Å². The molecule has 2 saturated heterocycles. The summed E-state index contributed by atoms with van der Waals surface area (Å²) >= 11 is 0.637. The van der Waals surface area contributed by atoms with Gasteiger partial charge in [0.1, 0.15) is 0 Å². The predicted octanol–water partition coefficient (Wildman–Crippen LogP) is 2.66. The number of hydrogen-bond acceptors (Lipinski definition) is 4. The Kier molecular flexibility index (Phi) is 6.72. The Morgan fingerprint density at radius 2 is 2.20 bits per heavy atom. The van der Waals surface area contributed by atoms with E-state index in [0.717, 1.165) is 51.6 Å². The molecule has 2 fully saturated rings. The molecule has 0 aromatic carbocycles. The monoisotopic (exact) mass is 471 g/mol. The summed E-state index contributed by atoms with van der Waals surface area (Å²) in [6.45, 7) is 3.08. The third-order valence-corrected chi connectivity index (χ3v) is 5.55. The average Bonchev–Trinajstić information content (AvgIpc) is 2.83. The molecule has 110 valence electrons. The van der Waals surface area contributed by atoms with Crippen LogP contribution in [0.3, 0.4) is 0 Å². The third kappa shape index (κ3) is 3.93. The Bertz CT molecular complexity index is 347. The van der Waals surface area contributed by atoms with E-state index < -0.39 is 0 Å². The molecule has 0 saturated carbocycles. The van der Waals surface area contributed by atoms with Crippen molar-refractivity contribution in [2.75, 3.05) is 6.61 Å². The maximum atomic E-state index is 8.73. The molecule has 2 rings (SSSR count). The van der Waals surface area contributed by atoms with E-state index in [1.807, 2.05) is 0 Å². The molecular formula is C15H24NO3Tl. The van der Waals surface area contributed by atoms with Crippen molar-refractivity contribution in [2.45, 2.75) is 82.2 Å². The van der Waals surface area contributed by atoms with Crippen LogP contribution in [0.2, 0.25) is 0 Å². The summed E-state index contributed by atoms with van der Waals surface area (Å²) in [5.41, 5.74) is -0.0907. The van der Waals surface area contributed by atoms with Crippen LogP contribution >= 0.6 is 0 Å². The Labute approximate surface area is 138 Å². The topological polar surface area (TPSA) is 51.5 Å². The van der Waals surface area contributed by atoms with E-state index in [1.54, 1.807) is 0 Å². The Morgan fingerprint density at radius 3 is 2.90 bits per heavy atom. The first-order valence-corrected chi connectivity index (χ1v) is 9.59. The molecule has 0 radical (unpaired) electrons. The van der Waals surface area contributed by atoms with Gasteiger partial charge in [-0.1, -0.05) is 0 Å². The van der Waals surface area contributed by atoms with Gasteiger partial charge in [-0.25, -0.2) is 0 Å². The normalized spacial score (nSPS) is 36.5. The van der Waals surface area contributed by atoms with E-state index >= 15 is 0 Å². The maximum absolute atomic E-state index is 8.73. The van der Waals surface area contributed by atoms with E-state index in [1.165, 1.54) is 0 Å². The number of rotatable bonds is 7. The van der Waals surface area contributed by atoms with Crippen molar-refractivity contribution >= 4 is 26.2 Å². The summed E-state index contributed by atoms with van der Waals surface area (Å²) < 4.78 is 17.9. The first-order valence-electron chi connectivity index (χ1n) is 7.76. The fourth-order valence-electron chi connectivity index (χ4n) is 3.55. The van der Waals surface area contributed by atoms with Crippen LogP contribution in [0.15, 0.2) is 0 Å². The van der Waals surface area contributed by atoms with Crippen LogP contribution in [0.25, 0.3) is 0 Å². The molecule has 0 spiro atoms. The van der Waals surface area contributed by atoms with Crippen LogP contribution in [0.1, 0.15) is 58.3 Å². The van der Waals surface area contributed by atoms with E-state index in [2.05, 4.69) is 13.0 Å². The molecule has 4 atom stereocenters. The Balaban J connectivity index is 1.90. The van der Waals surface area contributed by atoms with E-state index in [0.29, 0.717) is 38.7 Å². The second-order valence-corrected chi connectivity index (χ2v) is 7.19. The number of fused-ring (bicyclic) bond motifs is 1. The van der Waals surface area contributed by atoms with Crippen LogP contribution < -0.4 is 0 Å². The predicted molar refractivity (Wildman–Crippen MR) is 76.2 cm³/mol. The van der Waals surface area contributed by atoms with Gasteiger partial charge >= 0.3 is 133 Å². The van der Waals surface area contributed by atoms with Crippen molar-refractivity contribution in [1.29, 1.82) is 5.26 Å². The van der Waals surface area contributed by atoms with Crippen molar-refractivity contribution in [2.24, 2.45) is 0 Å². The number of ether oxygens (including phenoxy) is 2. The molecule has 0 N–H and O–H groups in total. The van der Waals surface area contributed by atoms with Gasteiger partial charge in [0, 0.05) is 0 Å². The van der Waals surface area contributed by atoms with Crippen LogP contribution in [0.5, 0.6) is 0 Å². The fourth-order valence-corrected chi connectivity index (χ4v) is 4.20. The summed E-state index contributed by atoms with van der Waals surface area (Å²) in [5, 5.41) is 8.73. The molecule has 0 amide bonds.